The number of fused-ring (bicyclic) bond motifs is 1. The Hall–Kier alpha value is -2.95. The van der Waals surface area contributed by atoms with Crippen molar-refractivity contribution in [1.29, 1.82) is 0 Å². The number of carbonyl (C=O) groups excluding carboxylic acids is 1. The summed E-state index contributed by atoms with van der Waals surface area (Å²) >= 11 is 0. The molecule has 0 amide bonds. The topological polar surface area (TPSA) is 51.2 Å². The van der Waals surface area contributed by atoms with E-state index in [4.69, 9.17) is 4.74 Å². The lowest BCUT2D eigenvalue weighted by Crippen LogP contribution is -2.12. The van der Waals surface area contributed by atoms with Crippen LogP contribution in [-0.4, -0.2) is 18.1 Å². The van der Waals surface area contributed by atoms with Gasteiger partial charge < -0.3 is 10.1 Å². The number of nitrogens with one attached hydrogen (secondary N) is 1. The molecule has 25 heavy (non-hydrogen) atoms. The normalized spacial score (nSPS) is 10.7. The average Bonchev–Trinajstić information content (AvgIpc) is 2.62. The number of methoxy groups -OCH3 is 1. The van der Waals surface area contributed by atoms with Crippen molar-refractivity contribution in [1.82, 2.24) is 4.98 Å². The molecule has 0 aliphatic heterocycles. The van der Waals surface area contributed by atoms with Crippen molar-refractivity contribution in [3.63, 3.8) is 0 Å². The van der Waals surface area contributed by atoms with Crippen molar-refractivity contribution in [2.75, 3.05) is 12.4 Å². The molecule has 5 heteroatoms. The molecule has 0 atom stereocenters. The van der Waals surface area contributed by atoms with Gasteiger partial charge in [-0.3, -0.25) is 9.78 Å². The molecular formula is C20H19FN2O2. The summed E-state index contributed by atoms with van der Waals surface area (Å²) in [5.41, 5.74) is 3.94. The molecule has 0 unspecified atom stereocenters. The highest BCUT2D eigenvalue weighted by Gasteiger charge is 2.16. The zero-order valence-corrected chi connectivity index (χ0v) is 14.2. The van der Waals surface area contributed by atoms with Gasteiger partial charge in [-0.2, -0.15) is 0 Å². The predicted octanol–water partition coefficient (Wildman–Crippen LogP) is 4.01. The second-order valence-corrected chi connectivity index (χ2v) is 5.80. The summed E-state index contributed by atoms with van der Waals surface area (Å²) in [7, 11) is 1.35. The van der Waals surface area contributed by atoms with E-state index in [-0.39, 0.29) is 18.2 Å². The average molecular weight is 338 g/mol. The van der Waals surface area contributed by atoms with Crippen LogP contribution in [0, 0.1) is 12.7 Å². The maximum absolute atomic E-state index is 13.8. The van der Waals surface area contributed by atoms with Crippen LogP contribution in [0.5, 0.6) is 0 Å². The minimum atomic E-state index is -0.358. The minimum absolute atomic E-state index is 0.0823. The molecule has 1 heterocycles. The summed E-state index contributed by atoms with van der Waals surface area (Å²) in [6.07, 6.45) is 0.0823. The summed E-state index contributed by atoms with van der Waals surface area (Å²) < 4.78 is 18.6. The van der Waals surface area contributed by atoms with Gasteiger partial charge in [-0.05, 0) is 30.7 Å². The Bertz CT molecular complexity index is 910. The number of aromatic nitrogens is 1. The lowest BCUT2D eigenvalue weighted by molar-refractivity contribution is -0.139. The molecule has 1 N–H and O–H groups in total. The Morgan fingerprint density at radius 1 is 1.20 bits per heavy atom. The fourth-order valence-corrected chi connectivity index (χ4v) is 2.82. The molecule has 1 aromatic heterocycles. The van der Waals surface area contributed by atoms with Crippen LogP contribution >= 0.6 is 0 Å². The van der Waals surface area contributed by atoms with Crippen LogP contribution in [-0.2, 0) is 22.5 Å². The molecule has 128 valence electrons. The summed E-state index contributed by atoms with van der Waals surface area (Å²) in [6.45, 7) is 2.40. The molecule has 0 saturated heterocycles. The van der Waals surface area contributed by atoms with Crippen molar-refractivity contribution >= 4 is 22.6 Å². The van der Waals surface area contributed by atoms with Gasteiger partial charge in [-0.15, -0.1) is 0 Å². The van der Waals surface area contributed by atoms with Crippen molar-refractivity contribution in [3.05, 3.63) is 71.2 Å². The summed E-state index contributed by atoms with van der Waals surface area (Å²) in [5, 5.41) is 4.01. The van der Waals surface area contributed by atoms with Crippen LogP contribution < -0.4 is 5.32 Å². The van der Waals surface area contributed by atoms with Gasteiger partial charge in [0.05, 0.1) is 19.0 Å². The van der Waals surface area contributed by atoms with E-state index in [0.29, 0.717) is 17.4 Å². The molecule has 0 spiro atoms. The van der Waals surface area contributed by atoms with E-state index in [1.165, 1.54) is 19.2 Å². The number of ether oxygens (including phenoxy) is 1. The van der Waals surface area contributed by atoms with E-state index in [0.717, 1.165) is 22.5 Å². The molecule has 0 fully saturated rings. The fraction of sp³-hybridized carbons (Fsp3) is 0.200. The van der Waals surface area contributed by atoms with Gasteiger partial charge in [0, 0.05) is 28.9 Å². The summed E-state index contributed by atoms with van der Waals surface area (Å²) in [6, 6.07) is 14.4. The first kappa shape index (κ1) is 16.9. The van der Waals surface area contributed by atoms with Gasteiger partial charge in [-0.25, -0.2) is 4.39 Å². The summed E-state index contributed by atoms with van der Waals surface area (Å²) in [5.74, 6) is -0.701. The molecule has 4 nitrogen and oxygen atoms in total. The number of esters is 1. The number of anilines is 1. The Balaban J connectivity index is 2.08. The van der Waals surface area contributed by atoms with Crippen LogP contribution in [0.15, 0.2) is 48.5 Å². The van der Waals surface area contributed by atoms with E-state index in [1.54, 1.807) is 6.07 Å². The molecule has 0 aliphatic rings. The predicted molar refractivity (Wildman–Crippen MR) is 95.9 cm³/mol. The largest absolute Gasteiger partial charge is 0.469 e. The first-order valence-electron chi connectivity index (χ1n) is 8.02. The van der Waals surface area contributed by atoms with Gasteiger partial charge in [-0.1, -0.05) is 30.3 Å². The molecular weight excluding hydrogens is 319 g/mol. The number of pyridine rings is 1. The Morgan fingerprint density at radius 2 is 1.96 bits per heavy atom. The number of halogens is 1. The number of benzene rings is 2. The molecule has 0 aliphatic carbocycles. The quantitative estimate of drug-likeness (QED) is 0.714. The van der Waals surface area contributed by atoms with Crippen molar-refractivity contribution in [2.24, 2.45) is 0 Å². The van der Waals surface area contributed by atoms with Crippen LogP contribution in [0.1, 0.15) is 16.8 Å². The maximum Gasteiger partial charge on any atom is 0.310 e. The van der Waals surface area contributed by atoms with Gasteiger partial charge >= 0.3 is 5.97 Å². The first-order valence-corrected chi connectivity index (χ1v) is 8.02. The SMILES string of the molecule is COC(=O)Cc1c(C)nc2ccc(F)cc2c1NCc1ccccc1. The third-order valence-electron chi connectivity index (χ3n) is 4.12. The van der Waals surface area contributed by atoms with Crippen molar-refractivity contribution < 1.29 is 13.9 Å². The highest BCUT2D eigenvalue weighted by molar-refractivity contribution is 5.95. The number of rotatable bonds is 5. The van der Waals surface area contributed by atoms with Crippen molar-refractivity contribution in [3.8, 4) is 0 Å². The smallest absolute Gasteiger partial charge is 0.310 e. The number of nitrogens with zero attached hydrogens (tertiary/aromatic N) is 1. The van der Waals surface area contributed by atoms with E-state index in [1.807, 2.05) is 37.3 Å². The van der Waals surface area contributed by atoms with E-state index in [2.05, 4.69) is 10.3 Å². The first-order chi connectivity index (χ1) is 12.1. The van der Waals surface area contributed by atoms with Crippen LogP contribution in [0.2, 0.25) is 0 Å². The molecule has 0 bridgehead atoms. The lowest BCUT2D eigenvalue weighted by Gasteiger charge is -2.17. The molecule has 0 saturated carbocycles. The van der Waals surface area contributed by atoms with Gasteiger partial charge in [0.2, 0.25) is 0 Å². The zero-order valence-electron chi connectivity index (χ0n) is 14.2. The number of hydrogen-bond acceptors (Lipinski definition) is 4. The van der Waals surface area contributed by atoms with E-state index in [9.17, 15) is 9.18 Å². The van der Waals surface area contributed by atoms with Gasteiger partial charge in [0.25, 0.3) is 0 Å². The highest BCUT2D eigenvalue weighted by Crippen LogP contribution is 2.30. The Morgan fingerprint density at radius 3 is 2.68 bits per heavy atom. The second kappa shape index (κ2) is 7.30. The second-order valence-electron chi connectivity index (χ2n) is 5.80. The number of hydrogen-bond donors (Lipinski definition) is 1. The van der Waals surface area contributed by atoms with Gasteiger partial charge in [0.15, 0.2) is 0 Å². The molecule has 2 aromatic carbocycles. The lowest BCUT2D eigenvalue weighted by atomic mass is 10.0. The maximum atomic E-state index is 13.8. The standard InChI is InChI=1S/C20H19FN2O2/c1-13-16(11-19(24)25-2)20(22-12-14-6-4-3-5-7-14)17-10-15(21)8-9-18(17)23-13/h3-10H,11-12H2,1-2H3,(H,22,23). The monoisotopic (exact) mass is 338 g/mol. The minimum Gasteiger partial charge on any atom is -0.469 e. The molecule has 3 aromatic rings. The highest BCUT2D eigenvalue weighted by atomic mass is 19.1. The zero-order chi connectivity index (χ0) is 17.8. The molecule has 3 rings (SSSR count). The third-order valence-corrected chi connectivity index (χ3v) is 4.12. The number of aryl methyl sites for hydroxylation is 1. The van der Waals surface area contributed by atoms with E-state index >= 15 is 0 Å². The summed E-state index contributed by atoms with van der Waals surface area (Å²) in [4.78, 5) is 16.3. The van der Waals surface area contributed by atoms with E-state index < -0.39 is 0 Å². The van der Waals surface area contributed by atoms with Crippen LogP contribution in [0.25, 0.3) is 10.9 Å². The Kier molecular flexibility index (Phi) is 4.93. The number of carbonyl (C=O) groups is 1. The van der Waals surface area contributed by atoms with Crippen molar-refractivity contribution in [2.45, 2.75) is 19.9 Å². The van der Waals surface area contributed by atoms with Crippen LogP contribution in [0.4, 0.5) is 10.1 Å². The fourth-order valence-electron chi connectivity index (χ4n) is 2.82. The van der Waals surface area contributed by atoms with Crippen LogP contribution in [0.3, 0.4) is 0 Å². The third kappa shape index (κ3) is 3.76. The van der Waals surface area contributed by atoms with Gasteiger partial charge in [0.1, 0.15) is 5.82 Å². The molecule has 0 radical (unpaired) electrons. The Labute approximate surface area is 145 Å².